The number of furan rings is 1. The van der Waals surface area contributed by atoms with Crippen LogP contribution in [0.3, 0.4) is 0 Å². The summed E-state index contributed by atoms with van der Waals surface area (Å²) in [7, 11) is 1.97. The van der Waals surface area contributed by atoms with Crippen molar-refractivity contribution < 1.29 is 13.9 Å². The number of aromatic nitrogens is 1. The van der Waals surface area contributed by atoms with E-state index in [9.17, 15) is 4.79 Å². The summed E-state index contributed by atoms with van der Waals surface area (Å²) in [5.74, 6) is 0.239. The average molecular weight is 339 g/mol. The molecular formula is C14H15BrN2O3. The minimum absolute atomic E-state index is 0.0832. The summed E-state index contributed by atoms with van der Waals surface area (Å²) in [5.41, 5.74) is 1.06. The van der Waals surface area contributed by atoms with Gasteiger partial charge in [-0.1, -0.05) is 0 Å². The fourth-order valence-electron chi connectivity index (χ4n) is 2.48. The quantitative estimate of drug-likeness (QED) is 0.845. The van der Waals surface area contributed by atoms with Gasteiger partial charge in [-0.15, -0.1) is 0 Å². The standard InChI is InChI=1S/C14H15BrN2O3/c1-16-6-2-3-10(16)11-9-19-8-7-17(11)14(18)12-4-5-13(15)20-12/h2-6,11H,7-9H2,1H3. The minimum Gasteiger partial charge on any atom is -0.444 e. The number of halogens is 1. The van der Waals surface area contributed by atoms with Crippen molar-refractivity contribution in [3.05, 3.63) is 46.6 Å². The number of carbonyl (C=O) groups excluding carboxylic acids is 1. The van der Waals surface area contributed by atoms with Crippen LogP contribution in [0.25, 0.3) is 0 Å². The van der Waals surface area contributed by atoms with Crippen LogP contribution in [0.1, 0.15) is 22.3 Å². The number of hydrogen-bond donors (Lipinski definition) is 0. The second-order valence-corrected chi connectivity index (χ2v) is 5.52. The Hall–Kier alpha value is -1.53. The molecule has 0 aromatic carbocycles. The van der Waals surface area contributed by atoms with Crippen molar-refractivity contribution in [2.45, 2.75) is 6.04 Å². The van der Waals surface area contributed by atoms with Crippen molar-refractivity contribution >= 4 is 21.8 Å². The van der Waals surface area contributed by atoms with Crippen LogP contribution in [0.15, 0.2) is 39.5 Å². The summed E-state index contributed by atoms with van der Waals surface area (Å²) in [6, 6.07) is 7.31. The maximum absolute atomic E-state index is 12.6. The number of carbonyl (C=O) groups is 1. The van der Waals surface area contributed by atoms with Crippen molar-refractivity contribution in [3.8, 4) is 0 Å². The van der Waals surface area contributed by atoms with Gasteiger partial charge in [-0.05, 0) is 40.2 Å². The van der Waals surface area contributed by atoms with E-state index in [-0.39, 0.29) is 11.9 Å². The van der Waals surface area contributed by atoms with Gasteiger partial charge >= 0.3 is 0 Å². The van der Waals surface area contributed by atoms with Crippen LogP contribution >= 0.6 is 15.9 Å². The number of nitrogens with zero attached hydrogens (tertiary/aromatic N) is 2. The van der Waals surface area contributed by atoms with E-state index in [4.69, 9.17) is 9.15 Å². The van der Waals surface area contributed by atoms with Gasteiger partial charge < -0.3 is 18.6 Å². The number of rotatable bonds is 2. The Morgan fingerprint density at radius 2 is 2.25 bits per heavy atom. The zero-order chi connectivity index (χ0) is 14.1. The lowest BCUT2D eigenvalue weighted by Crippen LogP contribution is -2.43. The van der Waals surface area contributed by atoms with Crippen LogP contribution < -0.4 is 0 Å². The zero-order valence-corrected chi connectivity index (χ0v) is 12.7. The zero-order valence-electron chi connectivity index (χ0n) is 11.1. The summed E-state index contributed by atoms with van der Waals surface area (Å²) in [4.78, 5) is 14.4. The molecule has 3 rings (SSSR count). The fourth-order valence-corrected chi connectivity index (χ4v) is 2.79. The molecule has 2 aromatic rings. The predicted molar refractivity (Wildman–Crippen MR) is 76.4 cm³/mol. The number of ether oxygens (including phenoxy) is 1. The van der Waals surface area contributed by atoms with Crippen molar-refractivity contribution in [2.24, 2.45) is 7.05 Å². The van der Waals surface area contributed by atoms with Gasteiger partial charge in [-0.3, -0.25) is 4.79 Å². The molecule has 0 spiro atoms. The number of amides is 1. The second-order valence-electron chi connectivity index (χ2n) is 4.74. The van der Waals surface area contributed by atoms with Gasteiger partial charge in [0.2, 0.25) is 0 Å². The third kappa shape index (κ3) is 2.41. The number of hydrogen-bond acceptors (Lipinski definition) is 3. The summed E-state index contributed by atoms with van der Waals surface area (Å²) in [6.07, 6.45) is 1.97. The number of morpholine rings is 1. The van der Waals surface area contributed by atoms with E-state index >= 15 is 0 Å². The highest BCUT2D eigenvalue weighted by Crippen LogP contribution is 2.27. The van der Waals surface area contributed by atoms with E-state index < -0.39 is 0 Å². The second kappa shape index (κ2) is 5.46. The average Bonchev–Trinajstić information content (AvgIpc) is 3.07. The SMILES string of the molecule is Cn1cccc1C1COCCN1C(=O)c1ccc(Br)o1. The normalized spacial score (nSPS) is 19.3. The fraction of sp³-hybridized carbons (Fsp3) is 0.357. The molecule has 6 heteroatoms. The lowest BCUT2D eigenvalue weighted by atomic mass is 10.1. The minimum atomic E-state index is -0.106. The molecule has 1 unspecified atom stereocenters. The molecule has 3 heterocycles. The van der Waals surface area contributed by atoms with E-state index in [0.29, 0.717) is 30.2 Å². The van der Waals surface area contributed by atoms with E-state index in [1.54, 1.807) is 12.1 Å². The Balaban J connectivity index is 1.89. The molecule has 1 amide bonds. The summed E-state index contributed by atoms with van der Waals surface area (Å²) in [5, 5.41) is 0. The van der Waals surface area contributed by atoms with Gasteiger partial charge in [0.25, 0.3) is 5.91 Å². The first-order valence-electron chi connectivity index (χ1n) is 6.42. The van der Waals surface area contributed by atoms with Crippen LogP contribution in [0.4, 0.5) is 0 Å². The molecule has 2 aromatic heterocycles. The lowest BCUT2D eigenvalue weighted by molar-refractivity contribution is -0.00622. The van der Waals surface area contributed by atoms with Crippen molar-refractivity contribution in [1.29, 1.82) is 0 Å². The monoisotopic (exact) mass is 338 g/mol. The van der Waals surface area contributed by atoms with E-state index in [1.165, 1.54) is 0 Å². The van der Waals surface area contributed by atoms with Crippen molar-refractivity contribution in [3.63, 3.8) is 0 Å². The van der Waals surface area contributed by atoms with Gasteiger partial charge in [-0.25, -0.2) is 0 Å². The first-order valence-corrected chi connectivity index (χ1v) is 7.21. The summed E-state index contributed by atoms with van der Waals surface area (Å²) >= 11 is 3.22. The Labute approximate surface area is 125 Å². The van der Waals surface area contributed by atoms with Gasteiger partial charge in [0.05, 0.1) is 19.3 Å². The molecule has 1 aliphatic rings. The number of aryl methyl sites for hydroxylation is 1. The van der Waals surface area contributed by atoms with E-state index in [1.807, 2.05) is 34.8 Å². The predicted octanol–water partition coefficient (Wildman–Crippen LogP) is 2.59. The smallest absolute Gasteiger partial charge is 0.290 e. The highest BCUT2D eigenvalue weighted by molar-refractivity contribution is 9.10. The molecule has 0 radical (unpaired) electrons. The molecule has 5 nitrogen and oxygen atoms in total. The maximum atomic E-state index is 12.6. The van der Waals surface area contributed by atoms with Gasteiger partial charge in [-0.2, -0.15) is 0 Å². The molecule has 0 saturated carbocycles. The topological polar surface area (TPSA) is 47.6 Å². The largest absolute Gasteiger partial charge is 0.444 e. The first-order chi connectivity index (χ1) is 9.66. The highest BCUT2D eigenvalue weighted by Gasteiger charge is 2.32. The Morgan fingerprint density at radius 1 is 1.40 bits per heavy atom. The first kappa shape index (κ1) is 13.5. The van der Waals surface area contributed by atoms with Crippen LogP contribution in [-0.4, -0.2) is 35.1 Å². The Kier molecular flexibility index (Phi) is 3.67. The van der Waals surface area contributed by atoms with E-state index in [2.05, 4.69) is 15.9 Å². The third-order valence-electron chi connectivity index (χ3n) is 3.50. The molecule has 1 saturated heterocycles. The van der Waals surface area contributed by atoms with Crippen LogP contribution in [0.5, 0.6) is 0 Å². The molecule has 0 N–H and O–H groups in total. The van der Waals surface area contributed by atoms with Gasteiger partial charge in [0.15, 0.2) is 10.4 Å². The molecule has 1 aliphatic heterocycles. The molecule has 0 bridgehead atoms. The van der Waals surface area contributed by atoms with Gasteiger partial charge in [0.1, 0.15) is 0 Å². The van der Waals surface area contributed by atoms with Crippen LogP contribution in [0.2, 0.25) is 0 Å². The Morgan fingerprint density at radius 3 is 2.90 bits per heavy atom. The molecule has 0 aliphatic carbocycles. The molecule has 1 atom stereocenters. The summed E-state index contributed by atoms with van der Waals surface area (Å²) in [6.45, 7) is 1.62. The van der Waals surface area contributed by atoms with Gasteiger partial charge in [0, 0.05) is 25.5 Å². The van der Waals surface area contributed by atoms with Crippen molar-refractivity contribution in [1.82, 2.24) is 9.47 Å². The third-order valence-corrected chi connectivity index (χ3v) is 3.92. The van der Waals surface area contributed by atoms with Crippen LogP contribution in [0, 0.1) is 0 Å². The molecule has 106 valence electrons. The lowest BCUT2D eigenvalue weighted by Gasteiger charge is -2.35. The maximum Gasteiger partial charge on any atom is 0.290 e. The van der Waals surface area contributed by atoms with Crippen LogP contribution in [-0.2, 0) is 11.8 Å². The van der Waals surface area contributed by atoms with Crippen molar-refractivity contribution in [2.75, 3.05) is 19.8 Å². The highest BCUT2D eigenvalue weighted by atomic mass is 79.9. The molecular weight excluding hydrogens is 324 g/mol. The molecule has 20 heavy (non-hydrogen) atoms. The molecule has 1 fully saturated rings. The summed E-state index contributed by atoms with van der Waals surface area (Å²) < 4.78 is 13.5. The Bertz CT molecular complexity index is 619. The van der Waals surface area contributed by atoms with E-state index in [0.717, 1.165) is 5.69 Å².